The fourth-order valence-electron chi connectivity index (χ4n) is 1.98. The van der Waals surface area contributed by atoms with Gasteiger partial charge in [0.2, 0.25) is 0 Å². The number of rotatable bonds is 2. The lowest BCUT2D eigenvalue weighted by molar-refractivity contribution is -0.125. The van der Waals surface area contributed by atoms with Gasteiger partial charge in [0, 0.05) is 10.7 Å². The zero-order valence-corrected chi connectivity index (χ0v) is 11.8. The molecule has 0 fully saturated rings. The lowest BCUT2D eigenvalue weighted by Crippen LogP contribution is -2.44. The number of amides is 1. The van der Waals surface area contributed by atoms with Crippen molar-refractivity contribution in [3.63, 3.8) is 0 Å². The van der Waals surface area contributed by atoms with Gasteiger partial charge in [-0.15, -0.1) is 0 Å². The van der Waals surface area contributed by atoms with E-state index in [1.54, 1.807) is 36.4 Å². The van der Waals surface area contributed by atoms with Gasteiger partial charge in [-0.1, -0.05) is 0 Å². The van der Waals surface area contributed by atoms with Crippen LogP contribution in [0.25, 0.3) is 0 Å². The Balaban J connectivity index is 2.00. The van der Waals surface area contributed by atoms with E-state index in [0.717, 1.165) is 4.47 Å². The number of hydrogen-bond acceptors (Lipinski definition) is 4. The quantitative estimate of drug-likeness (QED) is 0.853. The number of anilines is 1. The van der Waals surface area contributed by atoms with Crippen LogP contribution in [0.5, 0.6) is 5.75 Å². The number of ether oxygens (including phenoxy) is 1. The first-order chi connectivity index (χ1) is 9.15. The Labute approximate surface area is 118 Å². The van der Waals surface area contributed by atoms with Crippen LogP contribution in [0.1, 0.15) is 12.7 Å². The van der Waals surface area contributed by atoms with Crippen molar-refractivity contribution in [3.8, 4) is 5.75 Å². The summed E-state index contributed by atoms with van der Waals surface area (Å²) in [5, 5.41) is 0. The number of carbonyl (C=O) groups is 1. The third kappa shape index (κ3) is 2.23. The second-order valence-electron chi connectivity index (χ2n) is 4.24. The molecule has 2 aromatic rings. The number of halogens is 1. The number of fused-ring (bicyclic) bond motifs is 1. The van der Waals surface area contributed by atoms with Crippen molar-refractivity contribution in [3.05, 3.63) is 40.9 Å². The van der Waals surface area contributed by atoms with Gasteiger partial charge in [-0.3, -0.25) is 9.69 Å². The zero-order valence-electron chi connectivity index (χ0n) is 10.2. The lowest BCUT2D eigenvalue weighted by Gasteiger charge is -2.31. The van der Waals surface area contributed by atoms with Gasteiger partial charge in [0.05, 0.1) is 12.8 Å². The van der Waals surface area contributed by atoms with E-state index in [-0.39, 0.29) is 5.91 Å². The summed E-state index contributed by atoms with van der Waals surface area (Å²) < 4.78 is 11.7. The highest BCUT2D eigenvalue weighted by Gasteiger charge is 2.33. The smallest absolute Gasteiger partial charge is 0.269 e. The van der Waals surface area contributed by atoms with Crippen molar-refractivity contribution < 1.29 is 13.9 Å². The van der Waals surface area contributed by atoms with Crippen LogP contribution in [0.4, 0.5) is 5.82 Å². The third-order valence-corrected chi connectivity index (χ3v) is 3.30. The Morgan fingerprint density at radius 3 is 3.11 bits per heavy atom. The summed E-state index contributed by atoms with van der Waals surface area (Å²) in [6.45, 7) is 2.07. The maximum Gasteiger partial charge on any atom is 0.269 e. The van der Waals surface area contributed by atoms with Gasteiger partial charge in [-0.25, -0.2) is 4.98 Å². The first kappa shape index (κ1) is 12.2. The highest BCUT2D eigenvalue weighted by Crippen LogP contribution is 2.34. The topological polar surface area (TPSA) is 55.6 Å². The number of carbonyl (C=O) groups excluding carboxylic acids is 1. The van der Waals surface area contributed by atoms with E-state index in [2.05, 4.69) is 20.9 Å². The second-order valence-corrected chi connectivity index (χ2v) is 5.15. The number of aromatic nitrogens is 1. The summed E-state index contributed by atoms with van der Waals surface area (Å²) in [4.78, 5) is 18.0. The Morgan fingerprint density at radius 1 is 1.53 bits per heavy atom. The summed E-state index contributed by atoms with van der Waals surface area (Å²) in [7, 11) is 0. The fourth-order valence-corrected chi connectivity index (χ4v) is 2.29. The van der Waals surface area contributed by atoms with Gasteiger partial charge in [-0.2, -0.15) is 0 Å². The van der Waals surface area contributed by atoms with Gasteiger partial charge in [-0.05, 0) is 41.1 Å². The number of pyridine rings is 1. The first-order valence-corrected chi connectivity index (χ1v) is 6.60. The van der Waals surface area contributed by atoms with Gasteiger partial charge in [0.1, 0.15) is 5.76 Å². The predicted octanol–water partition coefficient (Wildman–Crippen LogP) is 2.75. The normalized spacial score (nSPS) is 18.1. The molecule has 6 heteroatoms. The van der Waals surface area contributed by atoms with E-state index in [4.69, 9.17) is 9.15 Å². The molecule has 0 saturated heterocycles. The average molecular weight is 323 g/mol. The summed E-state index contributed by atoms with van der Waals surface area (Å²) in [6, 6.07) is 5.42. The van der Waals surface area contributed by atoms with Crippen LogP contribution in [0, 0.1) is 0 Å². The molecule has 98 valence electrons. The summed E-state index contributed by atoms with van der Waals surface area (Å²) >= 11 is 3.34. The predicted molar refractivity (Wildman–Crippen MR) is 71.9 cm³/mol. The molecule has 0 saturated carbocycles. The third-order valence-electron chi connectivity index (χ3n) is 2.87. The summed E-state index contributed by atoms with van der Waals surface area (Å²) in [5.41, 5.74) is 0. The molecule has 0 aliphatic carbocycles. The minimum atomic E-state index is -0.529. The van der Waals surface area contributed by atoms with Crippen molar-refractivity contribution in [1.82, 2.24) is 4.98 Å². The highest BCUT2D eigenvalue weighted by molar-refractivity contribution is 9.10. The molecule has 1 aliphatic rings. The highest BCUT2D eigenvalue weighted by atomic mass is 79.9. The Bertz CT molecular complexity index is 612. The van der Waals surface area contributed by atoms with E-state index >= 15 is 0 Å². The fraction of sp³-hybridized carbons (Fsp3) is 0.231. The number of furan rings is 1. The Hall–Kier alpha value is -1.82. The van der Waals surface area contributed by atoms with Gasteiger partial charge in [0.25, 0.3) is 5.91 Å². The molecular weight excluding hydrogens is 312 g/mol. The molecule has 0 bridgehead atoms. The molecule has 1 aliphatic heterocycles. The maximum atomic E-state index is 12.2. The minimum absolute atomic E-state index is 0.126. The molecule has 0 radical (unpaired) electrons. The molecule has 1 atom stereocenters. The molecule has 0 spiro atoms. The first-order valence-electron chi connectivity index (χ1n) is 5.81. The monoisotopic (exact) mass is 322 g/mol. The Morgan fingerprint density at radius 2 is 2.37 bits per heavy atom. The molecule has 1 unspecified atom stereocenters. The number of hydrogen-bond donors (Lipinski definition) is 0. The van der Waals surface area contributed by atoms with Crippen LogP contribution < -0.4 is 9.64 Å². The standard InChI is InChI=1S/C13H11BrN2O3/c1-8-13(17)16(7-10-3-2-4-18-10)12-11(19-8)5-9(14)6-15-12/h2-6,8H,7H2,1H3. The molecule has 3 rings (SSSR count). The van der Waals surface area contributed by atoms with Crippen molar-refractivity contribution in [2.24, 2.45) is 0 Å². The maximum absolute atomic E-state index is 12.2. The van der Waals surface area contributed by atoms with Crippen LogP contribution in [-0.4, -0.2) is 17.0 Å². The summed E-state index contributed by atoms with van der Waals surface area (Å²) in [5.74, 6) is 1.69. The molecular formula is C13H11BrN2O3. The van der Waals surface area contributed by atoms with Crippen LogP contribution in [0.3, 0.4) is 0 Å². The molecule has 3 heterocycles. The molecule has 19 heavy (non-hydrogen) atoms. The van der Waals surface area contributed by atoms with E-state index < -0.39 is 6.10 Å². The molecule has 5 nitrogen and oxygen atoms in total. The number of nitrogens with zero attached hydrogens (tertiary/aromatic N) is 2. The largest absolute Gasteiger partial charge is 0.477 e. The van der Waals surface area contributed by atoms with Crippen molar-refractivity contribution in [2.75, 3.05) is 4.90 Å². The molecule has 1 amide bonds. The van der Waals surface area contributed by atoms with Crippen molar-refractivity contribution in [2.45, 2.75) is 19.6 Å². The Kier molecular flexibility index (Phi) is 3.02. The zero-order chi connectivity index (χ0) is 13.4. The second kappa shape index (κ2) is 4.70. The van der Waals surface area contributed by atoms with Crippen LogP contribution in [-0.2, 0) is 11.3 Å². The van der Waals surface area contributed by atoms with Crippen LogP contribution in [0.2, 0.25) is 0 Å². The van der Waals surface area contributed by atoms with Crippen LogP contribution >= 0.6 is 15.9 Å². The summed E-state index contributed by atoms with van der Waals surface area (Å²) in [6.07, 6.45) is 2.69. The van der Waals surface area contributed by atoms with E-state index in [1.165, 1.54) is 0 Å². The molecule has 0 N–H and O–H groups in total. The van der Waals surface area contributed by atoms with Crippen LogP contribution in [0.15, 0.2) is 39.5 Å². The van der Waals surface area contributed by atoms with E-state index in [1.807, 2.05) is 6.07 Å². The lowest BCUT2D eigenvalue weighted by atomic mass is 10.2. The average Bonchev–Trinajstić information content (AvgIpc) is 2.87. The van der Waals surface area contributed by atoms with E-state index in [0.29, 0.717) is 23.9 Å². The SMILES string of the molecule is CC1Oc2cc(Br)cnc2N(Cc2ccco2)C1=O. The van der Waals surface area contributed by atoms with Crippen molar-refractivity contribution in [1.29, 1.82) is 0 Å². The minimum Gasteiger partial charge on any atom is -0.477 e. The molecule has 2 aromatic heterocycles. The van der Waals surface area contributed by atoms with Gasteiger partial charge >= 0.3 is 0 Å². The van der Waals surface area contributed by atoms with E-state index in [9.17, 15) is 4.79 Å². The molecule has 0 aromatic carbocycles. The van der Waals surface area contributed by atoms with Crippen molar-refractivity contribution >= 4 is 27.7 Å². The van der Waals surface area contributed by atoms with Gasteiger partial charge < -0.3 is 9.15 Å². The van der Waals surface area contributed by atoms with Gasteiger partial charge in [0.15, 0.2) is 17.7 Å².